The smallest absolute Gasteiger partial charge is 0.268 e. The highest BCUT2D eigenvalue weighted by Crippen LogP contribution is 2.24. The van der Waals surface area contributed by atoms with Crippen LogP contribution in [0.15, 0.2) is 30.3 Å². The molecule has 1 aromatic heterocycles. The second kappa shape index (κ2) is 8.15. The van der Waals surface area contributed by atoms with Gasteiger partial charge in [-0.3, -0.25) is 9.59 Å². The van der Waals surface area contributed by atoms with Gasteiger partial charge in [0.15, 0.2) is 5.78 Å². The van der Waals surface area contributed by atoms with Gasteiger partial charge in [-0.15, -0.1) is 0 Å². The molecule has 0 aliphatic heterocycles. The molecule has 0 saturated heterocycles. The van der Waals surface area contributed by atoms with E-state index >= 15 is 0 Å². The summed E-state index contributed by atoms with van der Waals surface area (Å²) in [5.74, 6) is 0.507. The van der Waals surface area contributed by atoms with Gasteiger partial charge in [0, 0.05) is 23.7 Å². The number of Topliss-reactive ketones (excluding diaryl/α,β-unsaturated/α-hetero) is 1. The maximum absolute atomic E-state index is 12.7. The highest BCUT2D eigenvalue weighted by Gasteiger charge is 2.23. The standard InChI is InChI=1S/C21H28N2O2/c1-6-17-19(15(5)24)14(4)23-20(17)21(25)22-12-18(13(2)3)16-10-8-7-9-11-16/h7-11,13,18,23H,6,12H2,1-5H3,(H,22,25). The van der Waals surface area contributed by atoms with Crippen LogP contribution in [-0.4, -0.2) is 23.2 Å². The van der Waals surface area contributed by atoms with E-state index in [2.05, 4.69) is 36.3 Å². The van der Waals surface area contributed by atoms with Crippen LogP contribution in [-0.2, 0) is 6.42 Å². The van der Waals surface area contributed by atoms with Crippen LogP contribution in [0.4, 0.5) is 0 Å². The summed E-state index contributed by atoms with van der Waals surface area (Å²) in [4.78, 5) is 27.7. The summed E-state index contributed by atoms with van der Waals surface area (Å²) >= 11 is 0. The first-order valence-electron chi connectivity index (χ1n) is 8.92. The minimum absolute atomic E-state index is 0.00556. The third kappa shape index (κ3) is 4.19. The first-order valence-corrected chi connectivity index (χ1v) is 8.92. The van der Waals surface area contributed by atoms with Gasteiger partial charge in [0.05, 0.1) is 0 Å². The number of aromatic amines is 1. The zero-order valence-corrected chi connectivity index (χ0v) is 15.8. The highest BCUT2D eigenvalue weighted by atomic mass is 16.2. The number of H-pyrrole nitrogens is 1. The molecule has 2 N–H and O–H groups in total. The monoisotopic (exact) mass is 340 g/mol. The van der Waals surface area contributed by atoms with E-state index in [9.17, 15) is 9.59 Å². The number of ketones is 1. The molecule has 0 bridgehead atoms. The molecule has 1 aromatic carbocycles. The van der Waals surface area contributed by atoms with Gasteiger partial charge in [-0.05, 0) is 37.3 Å². The van der Waals surface area contributed by atoms with E-state index in [1.54, 1.807) is 6.92 Å². The Bertz CT molecular complexity index is 745. The SMILES string of the molecule is CCc1c(C(=O)NCC(c2ccccc2)C(C)C)[nH]c(C)c1C(C)=O. The van der Waals surface area contributed by atoms with E-state index < -0.39 is 0 Å². The molecule has 0 fully saturated rings. The summed E-state index contributed by atoms with van der Waals surface area (Å²) < 4.78 is 0. The normalized spacial score (nSPS) is 12.2. The maximum atomic E-state index is 12.7. The molecule has 1 amide bonds. The average molecular weight is 340 g/mol. The molecule has 134 valence electrons. The van der Waals surface area contributed by atoms with Crippen molar-refractivity contribution in [3.63, 3.8) is 0 Å². The molecule has 2 rings (SSSR count). The Balaban J connectivity index is 2.19. The zero-order valence-electron chi connectivity index (χ0n) is 15.8. The molecule has 2 aromatic rings. The Hall–Kier alpha value is -2.36. The van der Waals surface area contributed by atoms with Crippen LogP contribution < -0.4 is 5.32 Å². The van der Waals surface area contributed by atoms with E-state index in [1.807, 2.05) is 32.0 Å². The lowest BCUT2D eigenvalue weighted by Gasteiger charge is -2.22. The van der Waals surface area contributed by atoms with Gasteiger partial charge in [0.1, 0.15) is 5.69 Å². The summed E-state index contributed by atoms with van der Waals surface area (Å²) in [6, 6.07) is 10.2. The topological polar surface area (TPSA) is 62.0 Å². The number of benzene rings is 1. The fraction of sp³-hybridized carbons (Fsp3) is 0.429. The van der Waals surface area contributed by atoms with Crippen molar-refractivity contribution < 1.29 is 9.59 Å². The van der Waals surface area contributed by atoms with Crippen LogP contribution in [0, 0.1) is 12.8 Å². The van der Waals surface area contributed by atoms with Crippen LogP contribution in [0.5, 0.6) is 0 Å². The Morgan fingerprint density at radius 2 is 1.80 bits per heavy atom. The van der Waals surface area contributed by atoms with Crippen molar-refractivity contribution in [1.82, 2.24) is 10.3 Å². The second-order valence-corrected chi connectivity index (χ2v) is 6.86. The predicted octanol–water partition coefficient (Wildman–Crippen LogP) is 4.26. The molecule has 0 aliphatic rings. The van der Waals surface area contributed by atoms with Crippen LogP contribution in [0.25, 0.3) is 0 Å². The maximum Gasteiger partial charge on any atom is 0.268 e. The van der Waals surface area contributed by atoms with Crippen LogP contribution in [0.3, 0.4) is 0 Å². The van der Waals surface area contributed by atoms with Gasteiger partial charge >= 0.3 is 0 Å². The van der Waals surface area contributed by atoms with Gasteiger partial charge in [-0.2, -0.15) is 0 Å². The molecule has 1 atom stereocenters. The van der Waals surface area contributed by atoms with Crippen molar-refractivity contribution in [2.45, 2.75) is 47.0 Å². The number of amides is 1. The van der Waals surface area contributed by atoms with Crippen molar-refractivity contribution in [2.24, 2.45) is 5.92 Å². The summed E-state index contributed by atoms with van der Waals surface area (Å²) in [5, 5.41) is 3.05. The number of rotatable bonds is 7. The minimum Gasteiger partial charge on any atom is -0.354 e. The molecule has 0 spiro atoms. The van der Waals surface area contributed by atoms with Gasteiger partial charge < -0.3 is 10.3 Å². The molecule has 0 saturated carbocycles. The number of carbonyl (C=O) groups excluding carboxylic acids is 2. The van der Waals surface area contributed by atoms with Crippen molar-refractivity contribution in [3.8, 4) is 0 Å². The zero-order chi connectivity index (χ0) is 18.6. The quantitative estimate of drug-likeness (QED) is 0.740. The van der Waals surface area contributed by atoms with Gasteiger partial charge in [-0.1, -0.05) is 51.1 Å². The van der Waals surface area contributed by atoms with Gasteiger partial charge in [0.2, 0.25) is 0 Å². The average Bonchev–Trinajstić information content (AvgIpc) is 2.92. The number of hydrogen-bond acceptors (Lipinski definition) is 2. The van der Waals surface area contributed by atoms with E-state index in [1.165, 1.54) is 5.56 Å². The molecule has 0 radical (unpaired) electrons. The summed E-state index contributed by atoms with van der Waals surface area (Å²) in [6.45, 7) is 10.2. The molecule has 4 heteroatoms. The summed E-state index contributed by atoms with van der Waals surface area (Å²) in [6.07, 6.45) is 0.647. The Labute approximate surface area is 150 Å². The summed E-state index contributed by atoms with van der Waals surface area (Å²) in [5.41, 5.74) is 3.96. The van der Waals surface area contributed by atoms with E-state index in [-0.39, 0.29) is 17.6 Å². The molecular formula is C21H28N2O2. The Kier molecular flexibility index (Phi) is 6.18. The molecule has 1 heterocycles. The first-order chi connectivity index (χ1) is 11.9. The minimum atomic E-state index is -0.144. The molecular weight excluding hydrogens is 312 g/mol. The van der Waals surface area contributed by atoms with Crippen LogP contribution in [0.1, 0.15) is 71.3 Å². The fourth-order valence-electron chi connectivity index (χ4n) is 3.43. The van der Waals surface area contributed by atoms with Gasteiger partial charge in [0.25, 0.3) is 5.91 Å². The lowest BCUT2D eigenvalue weighted by atomic mass is 9.88. The highest BCUT2D eigenvalue weighted by molar-refractivity contribution is 6.02. The Morgan fingerprint density at radius 1 is 1.16 bits per heavy atom. The predicted molar refractivity (Wildman–Crippen MR) is 101 cm³/mol. The number of aryl methyl sites for hydroxylation is 1. The molecule has 4 nitrogen and oxygen atoms in total. The third-order valence-electron chi connectivity index (χ3n) is 4.74. The number of hydrogen-bond donors (Lipinski definition) is 2. The first kappa shape index (κ1) is 19.0. The van der Waals surface area contributed by atoms with E-state index in [0.717, 1.165) is 11.3 Å². The van der Waals surface area contributed by atoms with E-state index in [0.29, 0.717) is 30.1 Å². The molecule has 1 unspecified atom stereocenters. The van der Waals surface area contributed by atoms with E-state index in [4.69, 9.17) is 0 Å². The lowest BCUT2D eigenvalue weighted by molar-refractivity contribution is 0.0943. The number of carbonyl (C=O) groups is 2. The van der Waals surface area contributed by atoms with Gasteiger partial charge in [-0.25, -0.2) is 0 Å². The van der Waals surface area contributed by atoms with Crippen molar-refractivity contribution >= 4 is 11.7 Å². The largest absolute Gasteiger partial charge is 0.354 e. The number of aromatic nitrogens is 1. The second-order valence-electron chi connectivity index (χ2n) is 6.86. The summed E-state index contributed by atoms with van der Waals surface area (Å²) in [7, 11) is 0. The van der Waals surface area contributed by atoms with Crippen molar-refractivity contribution in [2.75, 3.05) is 6.54 Å². The van der Waals surface area contributed by atoms with Crippen molar-refractivity contribution in [1.29, 1.82) is 0 Å². The Morgan fingerprint density at radius 3 is 2.32 bits per heavy atom. The molecule has 25 heavy (non-hydrogen) atoms. The van der Waals surface area contributed by atoms with Crippen molar-refractivity contribution in [3.05, 3.63) is 58.4 Å². The third-order valence-corrected chi connectivity index (χ3v) is 4.74. The fourth-order valence-corrected chi connectivity index (χ4v) is 3.43. The van der Waals surface area contributed by atoms with Crippen LogP contribution >= 0.6 is 0 Å². The number of nitrogens with one attached hydrogen (secondary N) is 2. The lowest BCUT2D eigenvalue weighted by Crippen LogP contribution is -2.31. The molecule has 0 aliphatic carbocycles. The van der Waals surface area contributed by atoms with Crippen LogP contribution in [0.2, 0.25) is 0 Å².